The minimum atomic E-state index is -0.219. The van der Waals surface area contributed by atoms with Crippen LogP contribution in [0, 0.1) is 0 Å². The molecule has 0 aliphatic carbocycles. The Labute approximate surface area is 215 Å². The summed E-state index contributed by atoms with van der Waals surface area (Å²) >= 11 is 9.76. The highest BCUT2D eigenvalue weighted by molar-refractivity contribution is 9.10. The van der Waals surface area contributed by atoms with Gasteiger partial charge in [-0.15, -0.1) is 0 Å². The zero-order valence-electron chi connectivity index (χ0n) is 18.9. The molecule has 0 fully saturated rings. The van der Waals surface area contributed by atoms with E-state index < -0.39 is 0 Å². The van der Waals surface area contributed by atoms with E-state index in [1.807, 2.05) is 79.7 Å². The predicted molar refractivity (Wildman–Crippen MR) is 146 cm³/mol. The molecule has 0 N–H and O–H groups in total. The van der Waals surface area contributed by atoms with Crippen molar-refractivity contribution < 1.29 is 4.74 Å². The van der Waals surface area contributed by atoms with Crippen LogP contribution < -0.4 is 10.3 Å². The Morgan fingerprint density at radius 2 is 1.83 bits per heavy atom. The van der Waals surface area contributed by atoms with Crippen LogP contribution in [0.4, 0.5) is 0 Å². The molecule has 0 radical (unpaired) electrons. The third-order valence-corrected chi connectivity index (χ3v) is 6.63. The maximum Gasteiger partial charge on any atom is 0.282 e. The number of ether oxygens (including phenoxy) is 1. The third-order valence-electron chi connectivity index (χ3n) is 5.77. The maximum absolute atomic E-state index is 13.3. The lowest BCUT2D eigenvalue weighted by Crippen LogP contribution is -2.22. The fourth-order valence-corrected chi connectivity index (χ4v) is 4.52. The lowest BCUT2D eigenvalue weighted by molar-refractivity contribution is 0.306. The van der Waals surface area contributed by atoms with Gasteiger partial charge in [-0.05, 0) is 41.1 Å². The molecule has 1 aromatic heterocycles. The molecule has 0 aliphatic heterocycles. The quantitative estimate of drug-likeness (QED) is 0.216. The molecule has 0 unspecified atom stereocenters. The summed E-state index contributed by atoms with van der Waals surface area (Å²) in [5.41, 5.74) is 2.09. The molecular weight excluding hydrogens is 526 g/mol. The van der Waals surface area contributed by atoms with Crippen molar-refractivity contribution in [3.63, 3.8) is 0 Å². The summed E-state index contributed by atoms with van der Waals surface area (Å²) in [7, 11) is 0. The lowest BCUT2D eigenvalue weighted by atomic mass is 10.0. The van der Waals surface area contributed by atoms with E-state index >= 15 is 0 Å². The van der Waals surface area contributed by atoms with E-state index in [1.165, 1.54) is 4.68 Å². The fourth-order valence-electron chi connectivity index (χ4n) is 3.96. The number of benzene rings is 4. The van der Waals surface area contributed by atoms with Crippen LogP contribution in [-0.2, 0) is 13.0 Å². The topological polar surface area (TPSA) is 56.5 Å². The minimum absolute atomic E-state index is 0.219. The van der Waals surface area contributed by atoms with Gasteiger partial charge in [0.05, 0.1) is 17.1 Å². The minimum Gasteiger partial charge on any atom is -0.488 e. The van der Waals surface area contributed by atoms with Crippen LogP contribution in [-0.4, -0.2) is 15.9 Å². The summed E-state index contributed by atoms with van der Waals surface area (Å²) in [4.78, 5) is 18.0. The molecule has 5 nitrogen and oxygen atoms in total. The second-order valence-corrected chi connectivity index (χ2v) is 9.31. The van der Waals surface area contributed by atoms with E-state index in [4.69, 9.17) is 16.3 Å². The van der Waals surface area contributed by atoms with Crippen LogP contribution in [0.5, 0.6) is 5.75 Å². The third kappa shape index (κ3) is 4.72. The molecule has 4 aromatic carbocycles. The number of aryl methyl sites for hydroxylation is 1. The second kappa shape index (κ2) is 10.0. The summed E-state index contributed by atoms with van der Waals surface area (Å²) in [5.74, 6) is 1.23. The molecule has 0 spiro atoms. The highest BCUT2D eigenvalue weighted by atomic mass is 79.9. The summed E-state index contributed by atoms with van der Waals surface area (Å²) in [6, 6.07) is 25.0. The van der Waals surface area contributed by atoms with E-state index in [9.17, 15) is 4.79 Å². The molecule has 5 rings (SSSR count). The Kier molecular flexibility index (Phi) is 6.66. The molecule has 0 atom stereocenters. The highest BCUT2D eigenvalue weighted by Gasteiger charge is 2.12. The van der Waals surface area contributed by atoms with Crippen molar-refractivity contribution in [2.45, 2.75) is 20.0 Å². The largest absolute Gasteiger partial charge is 0.488 e. The number of hydrogen-bond acceptors (Lipinski definition) is 4. The standard InChI is InChI=1S/C28H21BrClN3O2/c1-2-27-32-25-13-12-20(29)15-22(25)28(34)33(27)31-16-23-21-9-5-3-7-18(21)11-14-26(23)35-17-19-8-4-6-10-24(19)30/h3-16H,2,17H2,1H3. The van der Waals surface area contributed by atoms with Crippen LogP contribution >= 0.6 is 27.5 Å². The van der Waals surface area contributed by atoms with Crippen molar-refractivity contribution in [2.24, 2.45) is 5.10 Å². The van der Waals surface area contributed by atoms with Gasteiger partial charge in [-0.3, -0.25) is 4.79 Å². The fraction of sp³-hybridized carbons (Fsp3) is 0.107. The van der Waals surface area contributed by atoms with Crippen molar-refractivity contribution in [1.29, 1.82) is 0 Å². The van der Waals surface area contributed by atoms with Crippen LogP contribution in [0.3, 0.4) is 0 Å². The first kappa shape index (κ1) is 23.3. The maximum atomic E-state index is 13.3. The van der Waals surface area contributed by atoms with Crippen LogP contribution in [0.25, 0.3) is 21.7 Å². The van der Waals surface area contributed by atoms with Crippen molar-refractivity contribution in [1.82, 2.24) is 9.66 Å². The molecule has 0 saturated heterocycles. The highest BCUT2D eigenvalue weighted by Crippen LogP contribution is 2.28. The van der Waals surface area contributed by atoms with Gasteiger partial charge < -0.3 is 4.74 Å². The number of nitrogens with zero attached hydrogens (tertiary/aromatic N) is 3. The van der Waals surface area contributed by atoms with Gasteiger partial charge in [0.15, 0.2) is 0 Å². The number of halogens is 2. The average molecular weight is 547 g/mol. The summed E-state index contributed by atoms with van der Waals surface area (Å²) < 4.78 is 8.37. The molecule has 1 heterocycles. The van der Waals surface area contributed by atoms with Crippen molar-refractivity contribution in [3.8, 4) is 5.75 Å². The van der Waals surface area contributed by atoms with Gasteiger partial charge in [-0.2, -0.15) is 9.78 Å². The molecule has 35 heavy (non-hydrogen) atoms. The Balaban J connectivity index is 1.61. The molecule has 0 aliphatic rings. The Morgan fingerprint density at radius 3 is 2.66 bits per heavy atom. The van der Waals surface area contributed by atoms with Crippen molar-refractivity contribution in [3.05, 3.63) is 116 Å². The molecule has 0 bridgehead atoms. The first-order chi connectivity index (χ1) is 17.0. The van der Waals surface area contributed by atoms with E-state index in [1.54, 1.807) is 12.3 Å². The van der Waals surface area contributed by atoms with Gasteiger partial charge in [-0.25, -0.2) is 4.98 Å². The van der Waals surface area contributed by atoms with Gasteiger partial charge in [0, 0.05) is 27.0 Å². The van der Waals surface area contributed by atoms with Crippen LogP contribution in [0.15, 0.2) is 93.2 Å². The van der Waals surface area contributed by atoms with Gasteiger partial charge >= 0.3 is 0 Å². The first-order valence-electron chi connectivity index (χ1n) is 11.2. The van der Waals surface area contributed by atoms with Gasteiger partial charge in [0.2, 0.25) is 0 Å². The predicted octanol–water partition coefficient (Wildman–Crippen LogP) is 6.99. The zero-order valence-corrected chi connectivity index (χ0v) is 21.3. The molecule has 5 aromatic rings. The Morgan fingerprint density at radius 1 is 1.03 bits per heavy atom. The summed E-state index contributed by atoms with van der Waals surface area (Å²) in [5, 5.41) is 7.77. The Bertz CT molecular complexity index is 1650. The molecule has 0 amide bonds. The normalized spacial score (nSPS) is 11.5. The van der Waals surface area contributed by atoms with Crippen LogP contribution in [0.2, 0.25) is 5.02 Å². The zero-order chi connectivity index (χ0) is 24.4. The average Bonchev–Trinajstić information content (AvgIpc) is 2.88. The lowest BCUT2D eigenvalue weighted by Gasteiger charge is -2.13. The van der Waals surface area contributed by atoms with Gasteiger partial charge in [0.1, 0.15) is 18.2 Å². The number of hydrogen-bond donors (Lipinski definition) is 0. The SMILES string of the molecule is CCc1nc2ccc(Br)cc2c(=O)n1N=Cc1c(OCc2ccccc2Cl)ccc2ccccc12. The van der Waals surface area contributed by atoms with Gasteiger partial charge in [0.25, 0.3) is 5.56 Å². The van der Waals surface area contributed by atoms with E-state index in [-0.39, 0.29) is 5.56 Å². The van der Waals surface area contributed by atoms with Crippen molar-refractivity contribution >= 4 is 55.4 Å². The summed E-state index contributed by atoms with van der Waals surface area (Å²) in [6.07, 6.45) is 2.24. The number of aromatic nitrogens is 2. The Hall–Kier alpha value is -3.48. The van der Waals surface area contributed by atoms with Gasteiger partial charge in [-0.1, -0.05) is 83.0 Å². The smallest absolute Gasteiger partial charge is 0.282 e. The molecule has 7 heteroatoms. The second-order valence-electron chi connectivity index (χ2n) is 7.98. The van der Waals surface area contributed by atoms with Crippen LogP contribution in [0.1, 0.15) is 23.9 Å². The van der Waals surface area contributed by atoms with Crippen molar-refractivity contribution in [2.75, 3.05) is 0 Å². The summed E-state index contributed by atoms with van der Waals surface area (Å²) in [6.45, 7) is 2.26. The molecular formula is C28H21BrClN3O2. The number of rotatable bonds is 6. The number of fused-ring (bicyclic) bond motifs is 2. The van der Waals surface area contributed by atoms with E-state index in [2.05, 4.69) is 26.0 Å². The first-order valence-corrected chi connectivity index (χ1v) is 12.4. The molecule has 0 saturated carbocycles. The molecule has 174 valence electrons. The van der Waals surface area contributed by atoms with E-state index in [0.29, 0.717) is 40.5 Å². The van der Waals surface area contributed by atoms with E-state index in [0.717, 1.165) is 26.4 Å². The monoisotopic (exact) mass is 545 g/mol.